The second-order valence-electron chi connectivity index (χ2n) is 7.07. The summed E-state index contributed by atoms with van der Waals surface area (Å²) < 4.78 is 23.8. The quantitative estimate of drug-likeness (QED) is 0.517. The van der Waals surface area contributed by atoms with Crippen molar-refractivity contribution in [2.75, 3.05) is 19.0 Å². The van der Waals surface area contributed by atoms with Crippen LogP contribution in [0, 0.1) is 24.2 Å². The van der Waals surface area contributed by atoms with Crippen LogP contribution in [0.4, 0.5) is 10.2 Å². The number of alkyl halides is 1. The molecule has 0 bridgehead atoms. The highest BCUT2D eigenvalue weighted by Gasteiger charge is 2.48. The Morgan fingerprint density at radius 2 is 2.03 bits per heavy atom. The zero-order valence-corrected chi connectivity index (χ0v) is 17.2. The molecule has 2 amide bonds. The van der Waals surface area contributed by atoms with E-state index >= 15 is 0 Å². The van der Waals surface area contributed by atoms with E-state index in [1.807, 2.05) is 0 Å². The van der Waals surface area contributed by atoms with Crippen LogP contribution in [0.15, 0.2) is 23.7 Å². The molecule has 0 spiro atoms. The maximum atomic E-state index is 13.1. The molecule has 2 rings (SSSR count). The van der Waals surface area contributed by atoms with E-state index in [1.165, 1.54) is 33.2 Å². The zero-order chi connectivity index (χ0) is 21.7. The molecule has 0 saturated heterocycles. The molecule has 9 heteroatoms. The van der Waals surface area contributed by atoms with Crippen LogP contribution in [0.3, 0.4) is 0 Å². The third-order valence-electron chi connectivity index (χ3n) is 4.45. The number of nitrogens with zero attached hydrogens (tertiary/aromatic N) is 1. The van der Waals surface area contributed by atoms with Gasteiger partial charge in [0.15, 0.2) is 0 Å². The maximum Gasteiger partial charge on any atom is 0.251 e. The van der Waals surface area contributed by atoms with Gasteiger partial charge in [0.25, 0.3) is 5.91 Å². The van der Waals surface area contributed by atoms with Gasteiger partial charge in [-0.1, -0.05) is 0 Å². The molecule has 1 aliphatic carbocycles. The summed E-state index contributed by atoms with van der Waals surface area (Å²) in [5.41, 5.74) is 0.925. The van der Waals surface area contributed by atoms with Crippen molar-refractivity contribution in [2.24, 2.45) is 11.8 Å². The fourth-order valence-electron chi connectivity index (χ4n) is 3.10. The summed E-state index contributed by atoms with van der Waals surface area (Å²) >= 11 is 0. The number of carbonyl (C=O) groups excluding carboxylic acids is 2. The van der Waals surface area contributed by atoms with E-state index in [1.54, 1.807) is 19.9 Å². The fourth-order valence-corrected chi connectivity index (χ4v) is 3.10. The van der Waals surface area contributed by atoms with Gasteiger partial charge in [0.2, 0.25) is 5.91 Å². The van der Waals surface area contributed by atoms with Gasteiger partial charge in [-0.3, -0.25) is 9.59 Å². The Balaban J connectivity index is 2.07. The zero-order valence-electron chi connectivity index (χ0n) is 17.2. The van der Waals surface area contributed by atoms with Gasteiger partial charge in [-0.25, -0.2) is 9.37 Å². The van der Waals surface area contributed by atoms with Gasteiger partial charge in [0.05, 0.1) is 13.0 Å². The second kappa shape index (κ2) is 9.49. The number of aromatic nitrogens is 1. The van der Waals surface area contributed by atoms with Gasteiger partial charge in [0.1, 0.15) is 30.1 Å². The first kappa shape index (κ1) is 22.3. The van der Waals surface area contributed by atoms with E-state index < -0.39 is 18.1 Å². The molecule has 29 heavy (non-hydrogen) atoms. The third-order valence-corrected chi connectivity index (χ3v) is 4.45. The van der Waals surface area contributed by atoms with E-state index in [9.17, 15) is 14.0 Å². The van der Waals surface area contributed by atoms with E-state index in [4.69, 9.17) is 14.9 Å². The lowest BCUT2D eigenvalue weighted by molar-refractivity contribution is -0.114. The lowest BCUT2D eigenvalue weighted by Crippen LogP contribution is -2.40. The monoisotopic (exact) mass is 406 g/mol. The summed E-state index contributed by atoms with van der Waals surface area (Å²) in [6.07, 6.45) is 0.106. The van der Waals surface area contributed by atoms with Crippen molar-refractivity contribution >= 4 is 23.8 Å². The highest BCUT2D eigenvalue weighted by molar-refractivity contribution is 5.96. The lowest BCUT2D eigenvalue weighted by atomic mass is 9.94. The Kier molecular flexibility index (Phi) is 7.30. The minimum absolute atomic E-state index is 0.0909. The maximum absolute atomic E-state index is 13.1. The predicted octanol–water partition coefficient (Wildman–Crippen LogP) is 2.59. The average molecular weight is 406 g/mol. The molecule has 4 atom stereocenters. The highest BCUT2D eigenvalue weighted by Crippen LogP contribution is 2.46. The van der Waals surface area contributed by atoms with Gasteiger partial charge in [-0.2, -0.15) is 0 Å². The van der Waals surface area contributed by atoms with Gasteiger partial charge in [-0.05, 0) is 32.9 Å². The largest absolute Gasteiger partial charge is 0.497 e. The molecule has 1 heterocycles. The standard InChI is InChI=1S/C20H27FN4O4/c1-10(21)9-29-19-17(18(19)28-5)15(8-22)12(3)24-20(27)14-6-11(2)23-16(7-14)25-13(4)26/h6-8,10,12,15,17,22H,9H2,1-5H3,(H,24,27)(H,23,25,26)/t10-,12?,15?,17?/m1/s1. The molecule has 3 N–H and O–H groups in total. The Hall–Kier alpha value is -2.97. The third kappa shape index (κ3) is 5.75. The van der Waals surface area contributed by atoms with Crippen LogP contribution in [0.2, 0.25) is 0 Å². The van der Waals surface area contributed by atoms with Crippen LogP contribution in [-0.4, -0.2) is 48.9 Å². The minimum Gasteiger partial charge on any atom is -0.497 e. The van der Waals surface area contributed by atoms with Gasteiger partial charge in [0, 0.05) is 36.4 Å². The Morgan fingerprint density at radius 1 is 1.34 bits per heavy atom. The number of hydrogen-bond donors (Lipinski definition) is 3. The van der Waals surface area contributed by atoms with Crippen LogP contribution >= 0.6 is 0 Å². The predicted molar refractivity (Wildman–Crippen MR) is 107 cm³/mol. The Labute approximate surface area is 169 Å². The number of aryl methyl sites for hydroxylation is 1. The normalized spacial score (nSPS) is 18.3. The molecule has 1 aliphatic rings. The van der Waals surface area contributed by atoms with Gasteiger partial charge in [-0.15, -0.1) is 0 Å². The number of anilines is 1. The number of amides is 2. The molecule has 1 aromatic heterocycles. The molecule has 0 fully saturated rings. The summed E-state index contributed by atoms with van der Waals surface area (Å²) in [5, 5.41) is 13.2. The van der Waals surface area contributed by atoms with E-state index in [0.29, 0.717) is 28.6 Å². The van der Waals surface area contributed by atoms with Crippen LogP contribution in [-0.2, 0) is 14.3 Å². The molecule has 158 valence electrons. The van der Waals surface area contributed by atoms with Crippen molar-refractivity contribution in [3.05, 3.63) is 34.9 Å². The molecular formula is C20H27FN4O4. The molecule has 0 aliphatic heterocycles. The minimum atomic E-state index is -1.12. The molecular weight excluding hydrogens is 379 g/mol. The second-order valence-corrected chi connectivity index (χ2v) is 7.07. The van der Waals surface area contributed by atoms with Crippen LogP contribution in [0.25, 0.3) is 0 Å². The number of pyridine rings is 1. The molecule has 8 nitrogen and oxygen atoms in total. The van der Waals surface area contributed by atoms with Crippen molar-refractivity contribution in [3.63, 3.8) is 0 Å². The lowest BCUT2D eigenvalue weighted by Gasteiger charge is -2.22. The first-order valence-electron chi connectivity index (χ1n) is 9.30. The van der Waals surface area contributed by atoms with Crippen molar-refractivity contribution in [3.8, 4) is 0 Å². The number of methoxy groups -OCH3 is 1. The molecule has 0 aromatic carbocycles. The fraction of sp³-hybridized carbons (Fsp3) is 0.500. The first-order chi connectivity index (χ1) is 13.7. The smallest absolute Gasteiger partial charge is 0.251 e. The van der Waals surface area contributed by atoms with Crippen molar-refractivity contribution in [2.45, 2.75) is 39.9 Å². The van der Waals surface area contributed by atoms with Crippen LogP contribution in [0.1, 0.15) is 36.8 Å². The molecule has 3 unspecified atom stereocenters. The number of allylic oxidation sites excluding steroid dienone is 2. The van der Waals surface area contributed by atoms with Crippen molar-refractivity contribution < 1.29 is 23.5 Å². The molecule has 0 radical (unpaired) electrons. The van der Waals surface area contributed by atoms with E-state index in [-0.39, 0.29) is 24.3 Å². The summed E-state index contributed by atoms with van der Waals surface area (Å²) in [7, 11) is 1.49. The Bertz CT molecular complexity index is 825. The van der Waals surface area contributed by atoms with Crippen molar-refractivity contribution in [1.82, 2.24) is 10.3 Å². The highest BCUT2D eigenvalue weighted by atomic mass is 19.1. The van der Waals surface area contributed by atoms with E-state index in [2.05, 4.69) is 15.6 Å². The number of carbonyl (C=O) groups is 2. The average Bonchev–Trinajstić information content (AvgIpc) is 3.32. The Morgan fingerprint density at radius 3 is 2.59 bits per heavy atom. The topological polar surface area (TPSA) is 113 Å². The van der Waals surface area contributed by atoms with Crippen LogP contribution < -0.4 is 10.6 Å². The number of halogens is 1. The first-order valence-corrected chi connectivity index (χ1v) is 9.30. The van der Waals surface area contributed by atoms with Gasteiger partial charge < -0.3 is 25.5 Å². The number of hydrogen-bond acceptors (Lipinski definition) is 6. The summed E-state index contributed by atoms with van der Waals surface area (Å²) in [4.78, 5) is 28.1. The van der Waals surface area contributed by atoms with Crippen molar-refractivity contribution in [1.29, 1.82) is 5.41 Å². The summed E-state index contributed by atoms with van der Waals surface area (Å²) in [5.74, 6) is 0.0135. The summed E-state index contributed by atoms with van der Waals surface area (Å²) in [6, 6.07) is 2.68. The summed E-state index contributed by atoms with van der Waals surface area (Å²) in [6.45, 7) is 6.16. The number of rotatable bonds is 10. The number of nitrogens with one attached hydrogen (secondary N) is 3. The van der Waals surface area contributed by atoms with Gasteiger partial charge >= 0.3 is 0 Å². The SMILES string of the molecule is COC1=C(OC[C@@H](C)F)C1C(C=N)C(C)NC(=O)c1cc(C)nc(NC(C)=O)c1. The molecule has 0 saturated carbocycles. The molecule has 1 aromatic rings. The van der Waals surface area contributed by atoms with E-state index in [0.717, 1.165) is 0 Å². The van der Waals surface area contributed by atoms with Crippen LogP contribution in [0.5, 0.6) is 0 Å². The number of ether oxygens (including phenoxy) is 2.